The first-order valence-corrected chi connectivity index (χ1v) is 5.15. The van der Waals surface area contributed by atoms with Crippen LogP contribution in [0.3, 0.4) is 0 Å². The number of benzene rings is 1. The Morgan fingerprint density at radius 2 is 2.06 bits per heavy atom. The van der Waals surface area contributed by atoms with E-state index in [0.717, 1.165) is 12.7 Å². The third-order valence-corrected chi connectivity index (χ3v) is 2.34. The van der Waals surface area contributed by atoms with Crippen LogP contribution in [0.2, 0.25) is 5.02 Å². The fourth-order valence-corrected chi connectivity index (χ4v) is 1.45. The number of hydrogen-bond donors (Lipinski definition) is 1. The predicted molar refractivity (Wildman–Crippen MR) is 61.9 cm³/mol. The van der Waals surface area contributed by atoms with Gasteiger partial charge in [-0.25, -0.2) is 4.79 Å². The lowest BCUT2D eigenvalue weighted by atomic mass is 10.2. The minimum Gasteiger partial charge on any atom is -0.495 e. The molecule has 1 aromatic rings. The van der Waals surface area contributed by atoms with E-state index in [4.69, 9.17) is 16.3 Å². The second-order valence-corrected chi connectivity index (χ2v) is 3.55. The van der Waals surface area contributed by atoms with Crippen LogP contribution >= 0.6 is 11.6 Å². The van der Waals surface area contributed by atoms with Gasteiger partial charge in [-0.3, -0.25) is 4.79 Å². The zero-order valence-electron chi connectivity index (χ0n) is 9.45. The number of esters is 1. The molecule has 0 bridgehead atoms. The first kappa shape index (κ1) is 13.3. The first-order valence-electron chi connectivity index (χ1n) is 4.77. The summed E-state index contributed by atoms with van der Waals surface area (Å²) in [5.74, 6) is -1.17. The molecular formula is C11H12ClNO4. The first-order chi connectivity index (χ1) is 8.08. The van der Waals surface area contributed by atoms with E-state index in [1.807, 2.05) is 0 Å². The number of methoxy groups -OCH3 is 2. The van der Waals surface area contributed by atoms with Gasteiger partial charge in [0.15, 0.2) is 0 Å². The molecule has 1 amide bonds. The Morgan fingerprint density at radius 3 is 2.59 bits per heavy atom. The Kier molecular flexibility index (Phi) is 4.78. The quantitative estimate of drug-likeness (QED) is 0.651. The maximum Gasteiger partial charge on any atom is 0.396 e. The fraction of sp³-hybridized carbons (Fsp3) is 0.273. The third-order valence-electron chi connectivity index (χ3n) is 2.04. The van der Waals surface area contributed by atoms with Crippen molar-refractivity contribution in [3.05, 3.63) is 28.8 Å². The zero-order valence-corrected chi connectivity index (χ0v) is 10.2. The van der Waals surface area contributed by atoms with Gasteiger partial charge in [0, 0.05) is 6.54 Å². The van der Waals surface area contributed by atoms with Gasteiger partial charge in [-0.05, 0) is 17.7 Å². The fourth-order valence-electron chi connectivity index (χ4n) is 1.17. The van der Waals surface area contributed by atoms with Crippen molar-refractivity contribution in [3.63, 3.8) is 0 Å². The van der Waals surface area contributed by atoms with Gasteiger partial charge < -0.3 is 14.8 Å². The SMILES string of the molecule is COC(=O)C(=O)NCc1ccc(OC)c(Cl)c1. The number of carbonyl (C=O) groups excluding carboxylic acids is 2. The average Bonchev–Trinajstić information content (AvgIpc) is 2.35. The topological polar surface area (TPSA) is 64.6 Å². The molecule has 5 nitrogen and oxygen atoms in total. The summed E-state index contributed by atoms with van der Waals surface area (Å²) in [4.78, 5) is 21.9. The highest BCUT2D eigenvalue weighted by molar-refractivity contribution is 6.32. The van der Waals surface area contributed by atoms with Crippen molar-refractivity contribution in [2.45, 2.75) is 6.54 Å². The molecule has 0 aromatic heterocycles. The molecule has 1 rings (SSSR count). The Hall–Kier alpha value is -1.75. The maximum atomic E-state index is 11.1. The zero-order chi connectivity index (χ0) is 12.8. The van der Waals surface area contributed by atoms with E-state index in [0.29, 0.717) is 10.8 Å². The van der Waals surface area contributed by atoms with Gasteiger partial charge in [0.25, 0.3) is 0 Å². The molecule has 0 aliphatic heterocycles. The lowest BCUT2D eigenvalue weighted by Crippen LogP contribution is -2.31. The molecule has 0 saturated carbocycles. The molecule has 0 spiro atoms. The van der Waals surface area contributed by atoms with Gasteiger partial charge in [-0.15, -0.1) is 0 Å². The number of nitrogens with one attached hydrogen (secondary N) is 1. The number of hydrogen-bond acceptors (Lipinski definition) is 4. The molecule has 92 valence electrons. The largest absolute Gasteiger partial charge is 0.495 e. The van der Waals surface area contributed by atoms with Gasteiger partial charge in [0.1, 0.15) is 5.75 Å². The lowest BCUT2D eigenvalue weighted by molar-refractivity contribution is -0.152. The van der Waals surface area contributed by atoms with Crippen LogP contribution < -0.4 is 10.1 Å². The standard InChI is InChI=1S/C11H12ClNO4/c1-16-9-4-3-7(5-8(9)12)6-13-10(14)11(15)17-2/h3-5H,6H2,1-2H3,(H,13,14). The van der Waals surface area contributed by atoms with Crippen LogP contribution in [-0.2, 0) is 20.9 Å². The van der Waals surface area contributed by atoms with Crippen LogP contribution in [-0.4, -0.2) is 26.1 Å². The smallest absolute Gasteiger partial charge is 0.396 e. The van der Waals surface area contributed by atoms with Crippen molar-refractivity contribution in [3.8, 4) is 5.75 Å². The number of halogens is 1. The van der Waals surface area contributed by atoms with Crippen LogP contribution in [0.5, 0.6) is 5.75 Å². The van der Waals surface area contributed by atoms with Gasteiger partial charge in [-0.1, -0.05) is 17.7 Å². The predicted octanol–water partition coefficient (Wildman–Crippen LogP) is 1.14. The molecule has 0 radical (unpaired) electrons. The van der Waals surface area contributed by atoms with E-state index in [1.165, 1.54) is 7.11 Å². The normalized spacial score (nSPS) is 9.59. The maximum absolute atomic E-state index is 11.1. The summed E-state index contributed by atoms with van der Waals surface area (Å²) in [6.07, 6.45) is 0. The highest BCUT2D eigenvalue weighted by Gasteiger charge is 2.12. The highest BCUT2D eigenvalue weighted by Crippen LogP contribution is 2.24. The molecule has 0 aliphatic rings. The number of rotatable bonds is 3. The minimum absolute atomic E-state index is 0.192. The van der Waals surface area contributed by atoms with E-state index < -0.39 is 11.9 Å². The summed E-state index contributed by atoms with van der Waals surface area (Å²) in [5.41, 5.74) is 0.757. The van der Waals surface area contributed by atoms with E-state index >= 15 is 0 Å². The van der Waals surface area contributed by atoms with Gasteiger partial charge in [0.2, 0.25) is 0 Å². The van der Waals surface area contributed by atoms with Crippen molar-refractivity contribution in [1.82, 2.24) is 5.32 Å². The summed E-state index contributed by atoms with van der Waals surface area (Å²) < 4.78 is 9.25. The highest BCUT2D eigenvalue weighted by atomic mass is 35.5. The van der Waals surface area contributed by atoms with Crippen LogP contribution in [0.1, 0.15) is 5.56 Å². The summed E-state index contributed by atoms with van der Waals surface area (Å²) in [6.45, 7) is 0.192. The van der Waals surface area contributed by atoms with E-state index in [9.17, 15) is 9.59 Å². The van der Waals surface area contributed by atoms with Crippen molar-refractivity contribution < 1.29 is 19.1 Å². The molecule has 1 N–H and O–H groups in total. The van der Waals surface area contributed by atoms with E-state index in [-0.39, 0.29) is 6.54 Å². The minimum atomic E-state index is -0.926. The second-order valence-electron chi connectivity index (χ2n) is 3.14. The van der Waals surface area contributed by atoms with Crippen LogP contribution in [0.4, 0.5) is 0 Å². The summed E-state index contributed by atoms with van der Waals surface area (Å²) in [6, 6.07) is 5.07. The van der Waals surface area contributed by atoms with E-state index in [1.54, 1.807) is 18.2 Å². The van der Waals surface area contributed by atoms with Gasteiger partial charge >= 0.3 is 11.9 Å². The Labute approximate surface area is 104 Å². The number of carbonyl (C=O) groups is 2. The Bertz CT molecular complexity index is 433. The number of ether oxygens (including phenoxy) is 2. The molecule has 1 aromatic carbocycles. The van der Waals surface area contributed by atoms with Crippen LogP contribution in [0.15, 0.2) is 18.2 Å². The molecule has 0 fully saturated rings. The third kappa shape index (κ3) is 3.64. The average molecular weight is 258 g/mol. The van der Waals surface area contributed by atoms with Crippen molar-refractivity contribution in [1.29, 1.82) is 0 Å². The summed E-state index contributed by atoms with van der Waals surface area (Å²) in [5, 5.41) is 2.84. The van der Waals surface area contributed by atoms with Crippen molar-refractivity contribution in [2.24, 2.45) is 0 Å². The molecular weight excluding hydrogens is 246 g/mol. The van der Waals surface area contributed by atoms with Gasteiger partial charge in [0.05, 0.1) is 19.2 Å². The molecule has 6 heteroatoms. The number of amides is 1. The van der Waals surface area contributed by atoms with Crippen molar-refractivity contribution >= 4 is 23.5 Å². The monoisotopic (exact) mass is 257 g/mol. The summed E-state index contributed by atoms with van der Waals surface area (Å²) >= 11 is 5.91. The van der Waals surface area contributed by atoms with Crippen LogP contribution in [0, 0.1) is 0 Å². The lowest BCUT2D eigenvalue weighted by Gasteiger charge is -2.07. The van der Waals surface area contributed by atoms with Crippen LogP contribution in [0.25, 0.3) is 0 Å². The summed E-state index contributed by atoms with van der Waals surface area (Å²) in [7, 11) is 2.66. The van der Waals surface area contributed by atoms with Gasteiger partial charge in [-0.2, -0.15) is 0 Å². The molecule has 0 unspecified atom stereocenters. The van der Waals surface area contributed by atoms with Crippen molar-refractivity contribution in [2.75, 3.05) is 14.2 Å². The Morgan fingerprint density at radius 1 is 1.35 bits per heavy atom. The second kappa shape index (κ2) is 6.10. The molecule has 0 aliphatic carbocycles. The molecule has 0 saturated heterocycles. The van der Waals surface area contributed by atoms with E-state index in [2.05, 4.69) is 10.1 Å². The molecule has 0 atom stereocenters. The molecule has 0 heterocycles. The molecule has 17 heavy (non-hydrogen) atoms. The Balaban J connectivity index is 2.61.